The number of amides is 2. The van der Waals surface area contributed by atoms with Crippen molar-refractivity contribution < 1.29 is 9.59 Å². The van der Waals surface area contributed by atoms with Gasteiger partial charge in [-0.05, 0) is 31.2 Å². The molecule has 0 heterocycles. The van der Waals surface area contributed by atoms with Crippen molar-refractivity contribution in [3.63, 3.8) is 0 Å². The number of rotatable bonds is 5. The van der Waals surface area contributed by atoms with Gasteiger partial charge in [0, 0.05) is 16.9 Å². The second-order valence-corrected chi connectivity index (χ2v) is 6.27. The Morgan fingerprint density at radius 3 is 2.43 bits per heavy atom. The third-order valence-corrected chi connectivity index (χ3v) is 3.03. The predicted octanol–water partition coefficient (Wildman–Crippen LogP) is 3.00. The van der Waals surface area contributed by atoms with Gasteiger partial charge in [0.25, 0.3) is 0 Å². The molecule has 21 heavy (non-hydrogen) atoms. The zero-order valence-electron chi connectivity index (χ0n) is 12.6. The van der Waals surface area contributed by atoms with Crippen LogP contribution in [0.5, 0.6) is 0 Å². The molecule has 0 fully saturated rings. The number of carbonyl (C=O) groups is 2. The number of carbonyl (C=O) groups excluding carboxylic acids is 2. The van der Waals surface area contributed by atoms with Crippen molar-refractivity contribution in [1.82, 2.24) is 0 Å². The normalized spacial score (nSPS) is 11.1. The van der Waals surface area contributed by atoms with Crippen LogP contribution >= 0.6 is 11.6 Å². The Hall–Kier alpha value is -1.59. The Kier molecular flexibility index (Phi) is 6.18. The average Bonchev–Trinajstić information content (AvgIpc) is 2.38. The topological polar surface area (TPSA) is 84.2 Å². The Labute approximate surface area is 130 Å². The fourth-order valence-corrected chi connectivity index (χ4v) is 1.69. The lowest BCUT2D eigenvalue weighted by molar-refractivity contribution is -0.123. The van der Waals surface area contributed by atoms with Crippen LogP contribution in [0, 0.1) is 5.41 Å². The maximum absolute atomic E-state index is 12.1. The van der Waals surface area contributed by atoms with Gasteiger partial charge in [-0.25, -0.2) is 0 Å². The molecule has 0 atom stereocenters. The molecule has 1 aromatic carbocycles. The van der Waals surface area contributed by atoms with Gasteiger partial charge >= 0.3 is 0 Å². The lowest BCUT2D eigenvalue weighted by atomic mass is 9.95. The molecule has 0 aliphatic carbocycles. The summed E-state index contributed by atoms with van der Waals surface area (Å²) in [6, 6.07) is 4.94. The van der Waals surface area contributed by atoms with Gasteiger partial charge in [0.2, 0.25) is 11.8 Å². The van der Waals surface area contributed by atoms with Crippen molar-refractivity contribution in [3.05, 3.63) is 23.2 Å². The van der Waals surface area contributed by atoms with E-state index in [0.717, 1.165) is 0 Å². The minimum atomic E-state index is -0.527. The molecule has 1 rings (SSSR count). The second kappa shape index (κ2) is 7.43. The molecule has 0 unspecified atom stereocenters. The second-order valence-electron chi connectivity index (χ2n) is 5.83. The van der Waals surface area contributed by atoms with E-state index < -0.39 is 5.41 Å². The van der Waals surface area contributed by atoms with Gasteiger partial charge in [-0.1, -0.05) is 32.4 Å². The van der Waals surface area contributed by atoms with Crippen molar-refractivity contribution in [1.29, 1.82) is 0 Å². The fraction of sp³-hybridized carbons (Fsp3) is 0.467. The van der Waals surface area contributed by atoms with E-state index in [0.29, 0.717) is 35.8 Å². The summed E-state index contributed by atoms with van der Waals surface area (Å²) >= 11 is 5.95. The molecule has 0 aliphatic heterocycles. The zero-order valence-corrected chi connectivity index (χ0v) is 13.4. The molecule has 0 spiro atoms. The summed E-state index contributed by atoms with van der Waals surface area (Å²) < 4.78 is 0. The highest BCUT2D eigenvalue weighted by molar-refractivity contribution is 6.31. The molecular weight excluding hydrogens is 290 g/mol. The molecule has 0 bridgehead atoms. The fourth-order valence-electron chi connectivity index (χ4n) is 1.51. The molecule has 116 valence electrons. The third-order valence-electron chi connectivity index (χ3n) is 2.79. The van der Waals surface area contributed by atoms with E-state index in [2.05, 4.69) is 10.6 Å². The molecule has 0 radical (unpaired) electrons. The Bertz CT molecular complexity index is 524. The molecule has 0 saturated carbocycles. The maximum Gasteiger partial charge on any atom is 0.229 e. The summed E-state index contributed by atoms with van der Waals surface area (Å²) in [5, 5.41) is 6.04. The number of nitrogens with one attached hydrogen (secondary N) is 2. The van der Waals surface area contributed by atoms with Gasteiger partial charge in [0.05, 0.1) is 11.4 Å². The Morgan fingerprint density at radius 1 is 1.19 bits per heavy atom. The SMILES string of the molecule is CC(C)(C)C(=O)Nc1ccc(Cl)cc1NC(=O)CCCN. The van der Waals surface area contributed by atoms with Gasteiger partial charge in [-0.3, -0.25) is 9.59 Å². The molecule has 1 aromatic rings. The van der Waals surface area contributed by atoms with Crippen LogP contribution in [0.1, 0.15) is 33.6 Å². The Morgan fingerprint density at radius 2 is 1.86 bits per heavy atom. The van der Waals surface area contributed by atoms with E-state index in [1.165, 1.54) is 0 Å². The standard InChI is InChI=1S/C15H22ClN3O2/c1-15(2,3)14(21)19-11-7-6-10(16)9-12(11)18-13(20)5-4-8-17/h6-7,9H,4-5,8,17H2,1-3H3,(H,18,20)(H,19,21). The van der Waals surface area contributed by atoms with Crippen LogP contribution in [0.25, 0.3) is 0 Å². The van der Waals surface area contributed by atoms with Gasteiger partial charge in [0.15, 0.2) is 0 Å². The van der Waals surface area contributed by atoms with E-state index in [4.69, 9.17) is 17.3 Å². The highest BCUT2D eigenvalue weighted by atomic mass is 35.5. The molecular formula is C15H22ClN3O2. The zero-order chi connectivity index (χ0) is 16.0. The molecule has 0 aromatic heterocycles. The van der Waals surface area contributed by atoms with E-state index in [-0.39, 0.29) is 11.8 Å². The third kappa shape index (κ3) is 5.73. The maximum atomic E-state index is 12.1. The lowest BCUT2D eigenvalue weighted by Gasteiger charge is -2.19. The Balaban J connectivity index is 2.90. The number of nitrogens with two attached hydrogens (primary N) is 1. The molecule has 0 aliphatic rings. The number of benzene rings is 1. The summed E-state index contributed by atoms with van der Waals surface area (Å²) in [5.74, 6) is -0.295. The predicted molar refractivity (Wildman–Crippen MR) is 86.5 cm³/mol. The number of hydrogen-bond donors (Lipinski definition) is 3. The minimum Gasteiger partial charge on any atom is -0.330 e. The van der Waals surface area contributed by atoms with Crippen LogP contribution in [-0.4, -0.2) is 18.4 Å². The van der Waals surface area contributed by atoms with E-state index in [1.807, 2.05) is 20.8 Å². The quantitative estimate of drug-likeness (QED) is 0.781. The van der Waals surface area contributed by atoms with Gasteiger partial charge < -0.3 is 16.4 Å². The first-order valence-electron chi connectivity index (χ1n) is 6.85. The molecule has 6 heteroatoms. The summed E-state index contributed by atoms with van der Waals surface area (Å²) in [6.07, 6.45) is 0.936. The van der Waals surface area contributed by atoms with Crippen molar-refractivity contribution >= 4 is 34.8 Å². The highest BCUT2D eigenvalue weighted by Crippen LogP contribution is 2.28. The smallest absolute Gasteiger partial charge is 0.229 e. The van der Waals surface area contributed by atoms with E-state index in [9.17, 15) is 9.59 Å². The van der Waals surface area contributed by atoms with Crippen LogP contribution in [0.2, 0.25) is 5.02 Å². The molecule has 0 saturated heterocycles. The first kappa shape index (κ1) is 17.5. The summed E-state index contributed by atoms with van der Waals surface area (Å²) in [4.78, 5) is 23.9. The van der Waals surface area contributed by atoms with Crippen LogP contribution < -0.4 is 16.4 Å². The van der Waals surface area contributed by atoms with Crippen LogP contribution in [0.15, 0.2) is 18.2 Å². The van der Waals surface area contributed by atoms with Crippen molar-refractivity contribution in [2.75, 3.05) is 17.2 Å². The van der Waals surface area contributed by atoms with Crippen LogP contribution in [-0.2, 0) is 9.59 Å². The molecule has 4 N–H and O–H groups in total. The van der Waals surface area contributed by atoms with Crippen molar-refractivity contribution in [2.24, 2.45) is 11.1 Å². The monoisotopic (exact) mass is 311 g/mol. The average molecular weight is 312 g/mol. The first-order valence-corrected chi connectivity index (χ1v) is 7.23. The van der Waals surface area contributed by atoms with Gasteiger partial charge in [-0.15, -0.1) is 0 Å². The molecule has 2 amide bonds. The van der Waals surface area contributed by atoms with Crippen LogP contribution in [0.3, 0.4) is 0 Å². The summed E-state index contributed by atoms with van der Waals surface area (Å²) in [7, 11) is 0. The van der Waals surface area contributed by atoms with E-state index >= 15 is 0 Å². The van der Waals surface area contributed by atoms with Crippen molar-refractivity contribution in [2.45, 2.75) is 33.6 Å². The lowest BCUT2D eigenvalue weighted by Crippen LogP contribution is -2.28. The number of halogens is 1. The largest absolute Gasteiger partial charge is 0.330 e. The van der Waals surface area contributed by atoms with E-state index in [1.54, 1.807) is 18.2 Å². The van der Waals surface area contributed by atoms with Crippen molar-refractivity contribution in [3.8, 4) is 0 Å². The number of hydrogen-bond acceptors (Lipinski definition) is 3. The highest BCUT2D eigenvalue weighted by Gasteiger charge is 2.22. The summed E-state index contributed by atoms with van der Waals surface area (Å²) in [5.41, 5.74) is 5.87. The van der Waals surface area contributed by atoms with Crippen LogP contribution in [0.4, 0.5) is 11.4 Å². The number of anilines is 2. The van der Waals surface area contributed by atoms with Gasteiger partial charge in [-0.2, -0.15) is 0 Å². The minimum absolute atomic E-state index is 0.137. The summed E-state index contributed by atoms with van der Waals surface area (Å²) in [6.45, 7) is 5.91. The van der Waals surface area contributed by atoms with Gasteiger partial charge in [0.1, 0.15) is 0 Å². The first-order chi connectivity index (χ1) is 9.74. The molecule has 5 nitrogen and oxygen atoms in total.